The Balaban J connectivity index is 1.50. The quantitative estimate of drug-likeness (QED) is 0.366. The van der Waals surface area contributed by atoms with Gasteiger partial charge in [-0.15, -0.1) is 0 Å². The molecule has 0 fully saturated rings. The number of rotatable bonds is 4. The van der Waals surface area contributed by atoms with Crippen molar-refractivity contribution in [1.29, 1.82) is 0 Å². The van der Waals surface area contributed by atoms with Gasteiger partial charge in [-0.05, 0) is 79.2 Å². The van der Waals surface area contributed by atoms with E-state index in [2.05, 4.69) is 22.5 Å². The minimum absolute atomic E-state index is 0.186. The average Bonchev–Trinajstić information content (AvgIpc) is 3.18. The Hall–Kier alpha value is -3.22. The maximum atomic E-state index is 12.4. The molecule has 0 atom stereocenters. The molecular formula is C24H20ClN3O2S. The molecule has 1 aromatic heterocycles. The van der Waals surface area contributed by atoms with Crippen molar-refractivity contribution >= 4 is 51.6 Å². The zero-order valence-electron chi connectivity index (χ0n) is 17.0. The smallest absolute Gasteiger partial charge is 0.257 e. The van der Waals surface area contributed by atoms with Crippen LogP contribution in [0.2, 0.25) is 5.02 Å². The highest BCUT2D eigenvalue weighted by Crippen LogP contribution is 2.32. The third-order valence-electron chi connectivity index (χ3n) is 4.85. The third kappa shape index (κ3) is 4.76. The van der Waals surface area contributed by atoms with Crippen LogP contribution in [0, 0.1) is 6.92 Å². The van der Waals surface area contributed by atoms with Crippen molar-refractivity contribution in [3.8, 4) is 11.5 Å². The van der Waals surface area contributed by atoms with Crippen LogP contribution in [-0.2, 0) is 6.42 Å². The van der Waals surface area contributed by atoms with Crippen LogP contribution in [0.3, 0.4) is 0 Å². The molecule has 4 rings (SSSR count). The normalized spacial score (nSPS) is 10.8. The lowest BCUT2D eigenvalue weighted by atomic mass is 10.1. The summed E-state index contributed by atoms with van der Waals surface area (Å²) in [7, 11) is 0. The van der Waals surface area contributed by atoms with E-state index in [9.17, 15) is 4.79 Å². The largest absolute Gasteiger partial charge is 0.436 e. The molecule has 5 nitrogen and oxygen atoms in total. The molecular weight excluding hydrogens is 430 g/mol. The van der Waals surface area contributed by atoms with Gasteiger partial charge >= 0.3 is 0 Å². The molecule has 3 aromatic carbocycles. The second-order valence-corrected chi connectivity index (χ2v) is 7.96. The number of halogens is 1. The van der Waals surface area contributed by atoms with E-state index in [1.54, 1.807) is 30.3 Å². The Morgan fingerprint density at radius 2 is 1.87 bits per heavy atom. The predicted octanol–water partition coefficient (Wildman–Crippen LogP) is 6.15. The van der Waals surface area contributed by atoms with Crippen LogP contribution in [0.25, 0.3) is 22.6 Å². The van der Waals surface area contributed by atoms with Crippen molar-refractivity contribution in [2.45, 2.75) is 20.3 Å². The van der Waals surface area contributed by atoms with Gasteiger partial charge in [0, 0.05) is 11.3 Å². The number of hydrogen-bond acceptors (Lipinski definition) is 4. The highest BCUT2D eigenvalue weighted by Gasteiger charge is 2.14. The van der Waals surface area contributed by atoms with E-state index in [1.165, 1.54) is 5.56 Å². The summed E-state index contributed by atoms with van der Waals surface area (Å²) in [5.41, 5.74) is 5.53. The Morgan fingerprint density at radius 1 is 1.10 bits per heavy atom. The minimum atomic E-state index is -0.274. The zero-order valence-corrected chi connectivity index (χ0v) is 18.6. The maximum absolute atomic E-state index is 12.4. The van der Waals surface area contributed by atoms with Crippen LogP contribution >= 0.6 is 23.8 Å². The van der Waals surface area contributed by atoms with E-state index in [-0.39, 0.29) is 11.0 Å². The van der Waals surface area contributed by atoms with E-state index < -0.39 is 0 Å². The lowest BCUT2D eigenvalue weighted by Gasteiger charge is -2.11. The van der Waals surface area contributed by atoms with Crippen molar-refractivity contribution < 1.29 is 9.21 Å². The molecule has 0 radical (unpaired) electrons. The molecule has 31 heavy (non-hydrogen) atoms. The Labute approximate surface area is 190 Å². The van der Waals surface area contributed by atoms with E-state index in [4.69, 9.17) is 28.2 Å². The molecule has 1 amide bonds. The molecule has 0 spiro atoms. The van der Waals surface area contributed by atoms with Gasteiger partial charge in [0.15, 0.2) is 10.7 Å². The van der Waals surface area contributed by atoms with E-state index in [1.807, 2.05) is 37.3 Å². The van der Waals surface area contributed by atoms with Crippen molar-refractivity contribution in [1.82, 2.24) is 10.3 Å². The summed E-state index contributed by atoms with van der Waals surface area (Å²) in [5.74, 6) is 0.142. The Bertz CT molecular complexity index is 1280. The van der Waals surface area contributed by atoms with Crippen molar-refractivity contribution in [2.75, 3.05) is 5.32 Å². The molecule has 0 aliphatic carbocycles. The molecule has 0 saturated heterocycles. The van der Waals surface area contributed by atoms with Crippen LogP contribution in [-0.4, -0.2) is 16.0 Å². The number of benzene rings is 3. The molecule has 0 aliphatic rings. The highest BCUT2D eigenvalue weighted by molar-refractivity contribution is 7.80. The predicted molar refractivity (Wildman–Crippen MR) is 129 cm³/mol. The molecule has 1 heterocycles. The van der Waals surface area contributed by atoms with Gasteiger partial charge in [0.25, 0.3) is 5.91 Å². The number of hydrogen-bond donors (Lipinski definition) is 2. The molecule has 156 valence electrons. The second kappa shape index (κ2) is 8.88. The summed E-state index contributed by atoms with van der Waals surface area (Å²) in [5, 5.41) is 6.40. The summed E-state index contributed by atoms with van der Waals surface area (Å²) in [6, 6.07) is 18.5. The fourth-order valence-electron chi connectivity index (χ4n) is 3.14. The fraction of sp³-hybridized carbons (Fsp3) is 0.125. The average molecular weight is 450 g/mol. The van der Waals surface area contributed by atoms with Gasteiger partial charge in [-0.25, -0.2) is 4.98 Å². The van der Waals surface area contributed by atoms with Gasteiger partial charge < -0.3 is 9.73 Å². The summed E-state index contributed by atoms with van der Waals surface area (Å²) in [6.45, 7) is 4.06. The van der Waals surface area contributed by atoms with Gasteiger partial charge in [0.2, 0.25) is 5.89 Å². The first-order valence-corrected chi connectivity index (χ1v) is 10.6. The number of nitrogens with one attached hydrogen (secondary N) is 2. The second-order valence-electron chi connectivity index (χ2n) is 7.14. The summed E-state index contributed by atoms with van der Waals surface area (Å²) < 4.78 is 5.89. The number of oxazole rings is 1. The maximum Gasteiger partial charge on any atom is 0.257 e. The fourth-order valence-corrected chi connectivity index (χ4v) is 3.55. The molecule has 0 bridgehead atoms. The number of anilines is 1. The minimum Gasteiger partial charge on any atom is -0.436 e. The zero-order chi connectivity index (χ0) is 22.0. The van der Waals surface area contributed by atoms with Gasteiger partial charge in [-0.3, -0.25) is 10.1 Å². The molecule has 0 aliphatic heterocycles. The number of fused-ring (bicyclic) bond motifs is 1. The number of thiocarbonyl (C=S) groups is 1. The summed E-state index contributed by atoms with van der Waals surface area (Å²) in [4.78, 5) is 17.0. The standard InChI is InChI=1S/C24H20ClN3O2S/c1-3-15-5-7-16(8-6-15)22(29)28-24(31)26-17-9-10-19(25)18(13-17)23-27-20-11-4-14(2)12-21(20)30-23/h4-13H,3H2,1-2H3,(H2,26,28,29,31). The van der Waals surface area contributed by atoms with Crippen LogP contribution in [0.5, 0.6) is 0 Å². The number of aromatic nitrogens is 1. The third-order valence-corrected chi connectivity index (χ3v) is 5.38. The van der Waals surface area contributed by atoms with E-state index >= 15 is 0 Å². The molecule has 0 unspecified atom stereocenters. The number of nitrogens with zero attached hydrogens (tertiary/aromatic N) is 1. The Kier molecular flexibility index (Phi) is 6.02. The van der Waals surface area contributed by atoms with Crippen LogP contribution < -0.4 is 10.6 Å². The molecule has 0 saturated carbocycles. The highest BCUT2D eigenvalue weighted by atomic mass is 35.5. The van der Waals surface area contributed by atoms with Crippen molar-refractivity contribution in [3.63, 3.8) is 0 Å². The number of aryl methyl sites for hydroxylation is 2. The van der Waals surface area contributed by atoms with Crippen LogP contribution in [0.1, 0.15) is 28.4 Å². The summed E-state index contributed by atoms with van der Waals surface area (Å²) >= 11 is 11.7. The van der Waals surface area contributed by atoms with Crippen LogP contribution in [0.15, 0.2) is 65.1 Å². The SMILES string of the molecule is CCc1ccc(C(=O)NC(=S)Nc2ccc(Cl)c(-c3nc4ccc(C)cc4o3)c2)cc1. The monoisotopic (exact) mass is 449 g/mol. The lowest BCUT2D eigenvalue weighted by molar-refractivity contribution is 0.0977. The van der Waals surface area contributed by atoms with Crippen LogP contribution in [0.4, 0.5) is 5.69 Å². The first-order chi connectivity index (χ1) is 14.9. The number of amides is 1. The van der Waals surface area contributed by atoms with Gasteiger partial charge in [-0.2, -0.15) is 0 Å². The van der Waals surface area contributed by atoms with E-state index in [0.29, 0.717) is 33.3 Å². The number of carbonyl (C=O) groups is 1. The number of carbonyl (C=O) groups excluding carboxylic acids is 1. The lowest BCUT2D eigenvalue weighted by Crippen LogP contribution is -2.34. The van der Waals surface area contributed by atoms with Crippen molar-refractivity contribution in [3.05, 3.63) is 82.4 Å². The first-order valence-electron chi connectivity index (χ1n) is 9.81. The van der Waals surface area contributed by atoms with Crippen molar-refractivity contribution in [2.24, 2.45) is 0 Å². The topological polar surface area (TPSA) is 67.2 Å². The van der Waals surface area contributed by atoms with Gasteiger partial charge in [-0.1, -0.05) is 36.7 Å². The van der Waals surface area contributed by atoms with E-state index in [0.717, 1.165) is 17.5 Å². The molecule has 7 heteroatoms. The molecule has 2 N–H and O–H groups in total. The summed E-state index contributed by atoms with van der Waals surface area (Å²) in [6.07, 6.45) is 0.917. The van der Waals surface area contributed by atoms with Gasteiger partial charge in [0.1, 0.15) is 5.52 Å². The van der Waals surface area contributed by atoms with Gasteiger partial charge in [0.05, 0.1) is 10.6 Å². The molecule has 4 aromatic rings. The first kappa shape index (κ1) is 21.0. The Morgan fingerprint density at radius 3 is 2.61 bits per heavy atom.